The number of nitrogens with one attached hydrogen (secondary N) is 1. The summed E-state index contributed by atoms with van der Waals surface area (Å²) in [7, 11) is 2.18. The summed E-state index contributed by atoms with van der Waals surface area (Å²) in [5.74, 6) is 1.40. The van der Waals surface area contributed by atoms with E-state index in [1.807, 2.05) is 6.92 Å². The van der Waals surface area contributed by atoms with Crippen molar-refractivity contribution < 1.29 is 4.74 Å². The SMILES string of the molecule is CCOCCN(C)C(C)C(C)CNCC(C)C. The first-order valence-corrected chi connectivity index (χ1v) is 6.97. The Bertz CT molecular complexity index is 174. The highest BCUT2D eigenvalue weighted by atomic mass is 16.5. The summed E-state index contributed by atoms with van der Waals surface area (Å²) in [5, 5.41) is 3.53. The van der Waals surface area contributed by atoms with Gasteiger partial charge in [-0.2, -0.15) is 0 Å². The lowest BCUT2D eigenvalue weighted by atomic mass is 10.0. The van der Waals surface area contributed by atoms with E-state index in [-0.39, 0.29) is 0 Å². The van der Waals surface area contributed by atoms with Crippen LogP contribution in [0.4, 0.5) is 0 Å². The van der Waals surface area contributed by atoms with E-state index in [0.29, 0.717) is 12.0 Å². The van der Waals surface area contributed by atoms with Crippen LogP contribution in [0.3, 0.4) is 0 Å². The van der Waals surface area contributed by atoms with Crippen LogP contribution in [0.2, 0.25) is 0 Å². The van der Waals surface area contributed by atoms with Gasteiger partial charge >= 0.3 is 0 Å². The normalized spacial score (nSPS) is 15.5. The molecule has 17 heavy (non-hydrogen) atoms. The summed E-state index contributed by atoms with van der Waals surface area (Å²) in [6.45, 7) is 16.0. The highest BCUT2D eigenvalue weighted by molar-refractivity contribution is 4.72. The molecule has 0 spiro atoms. The van der Waals surface area contributed by atoms with Gasteiger partial charge in [0.25, 0.3) is 0 Å². The molecule has 0 aliphatic carbocycles. The molecule has 0 bridgehead atoms. The van der Waals surface area contributed by atoms with Gasteiger partial charge in [0.2, 0.25) is 0 Å². The maximum atomic E-state index is 5.39. The van der Waals surface area contributed by atoms with E-state index < -0.39 is 0 Å². The lowest BCUT2D eigenvalue weighted by Crippen LogP contribution is -2.41. The zero-order valence-electron chi connectivity index (χ0n) is 12.6. The maximum Gasteiger partial charge on any atom is 0.0593 e. The fourth-order valence-corrected chi connectivity index (χ4v) is 1.76. The van der Waals surface area contributed by atoms with Crippen LogP contribution in [0, 0.1) is 11.8 Å². The summed E-state index contributed by atoms with van der Waals surface area (Å²) >= 11 is 0. The Morgan fingerprint density at radius 1 is 1.12 bits per heavy atom. The highest BCUT2D eigenvalue weighted by Crippen LogP contribution is 2.08. The quantitative estimate of drug-likeness (QED) is 0.596. The second-order valence-corrected chi connectivity index (χ2v) is 5.45. The minimum atomic E-state index is 0.593. The molecule has 0 saturated heterocycles. The highest BCUT2D eigenvalue weighted by Gasteiger charge is 2.16. The minimum Gasteiger partial charge on any atom is -0.380 e. The summed E-state index contributed by atoms with van der Waals surface area (Å²) in [5.41, 5.74) is 0. The molecular weight excluding hydrogens is 212 g/mol. The molecule has 104 valence electrons. The van der Waals surface area contributed by atoms with Crippen molar-refractivity contribution in [3.8, 4) is 0 Å². The van der Waals surface area contributed by atoms with Gasteiger partial charge in [-0.3, -0.25) is 0 Å². The topological polar surface area (TPSA) is 24.5 Å². The number of likely N-dealkylation sites (N-methyl/N-ethyl adjacent to an activating group) is 1. The molecule has 0 heterocycles. The van der Waals surface area contributed by atoms with Crippen molar-refractivity contribution in [3.63, 3.8) is 0 Å². The Labute approximate surface area is 108 Å². The summed E-state index contributed by atoms with van der Waals surface area (Å²) in [6.07, 6.45) is 0. The van der Waals surface area contributed by atoms with Gasteiger partial charge < -0.3 is 15.0 Å². The summed E-state index contributed by atoms with van der Waals surface area (Å²) in [4.78, 5) is 2.39. The Kier molecular flexibility index (Phi) is 9.79. The first-order valence-electron chi connectivity index (χ1n) is 6.97. The van der Waals surface area contributed by atoms with Gasteiger partial charge in [-0.15, -0.1) is 0 Å². The van der Waals surface area contributed by atoms with Crippen molar-refractivity contribution in [1.82, 2.24) is 10.2 Å². The number of nitrogens with zero attached hydrogens (tertiary/aromatic N) is 1. The van der Waals surface area contributed by atoms with Crippen molar-refractivity contribution in [2.24, 2.45) is 11.8 Å². The Balaban J connectivity index is 3.73. The molecule has 0 aromatic rings. The molecule has 0 radical (unpaired) electrons. The predicted molar refractivity (Wildman–Crippen MR) is 75.5 cm³/mol. The molecule has 2 unspecified atom stereocenters. The van der Waals surface area contributed by atoms with Gasteiger partial charge in [-0.1, -0.05) is 20.8 Å². The molecule has 0 aliphatic heterocycles. The van der Waals surface area contributed by atoms with Crippen molar-refractivity contribution in [2.45, 2.75) is 40.7 Å². The fraction of sp³-hybridized carbons (Fsp3) is 1.00. The van der Waals surface area contributed by atoms with Crippen LogP contribution in [-0.2, 0) is 4.74 Å². The van der Waals surface area contributed by atoms with Gasteiger partial charge in [0.15, 0.2) is 0 Å². The standard InChI is InChI=1S/C14H32N2O/c1-7-17-9-8-16(6)14(5)13(4)11-15-10-12(2)3/h12-15H,7-11H2,1-6H3. The van der Waals surface area contributed by atoms with Crippen LogP contribution < -0.4 is 5.32 Å². The molecule has 1 N–H and O–H groups in total. The molecule has 2 atom stereocenters. The third-order valence-corrected chi connectivity index (χ3v) is 3.33. The molecular formula is C14H32N2O. The molecule has 3 heteroatoms. The number of hydrogen-bond acceptors (Lipinski definition) is 3. The van der Waals surface area contributed by atoms with E-state index >= 15 is 0 Å². The molecule has 0 aromatic carbocycles. The van der Waals surface area contributed by atoms with Gasteiger partial charge in [0, 0.05) is 19.2 Å². The van der Waals surface area contributed by atoms with E-state index in [1.165, 1.54) is 0 Å². The summed E-state index contributed by atoms with van der Waals surface area (Å²) < 4.78 is 5.39. The van der Waals surface area contributed by atoms with Crippen LogP contribution in [0.15, 0.2) is 0 Å². The zero-order chi connectivity index (χ0) is 13.3. The zero-order valence-corrected chi connectivity index (χ0v) is 12.6. The van der Waals surface area contributed by atoms with Crippen LogP contribution in [-0.4, -0.2) is 50.8 Å². The van der Waals surface area contributed by atoms with Gasteiger partial charge in [-0.25, -0.2) is 0 Å². The molecule has 0 saturated carbocycles. The lowest BCUT2D eigenvalue weighted by molar-refractivity contribution is 0.0983. The van der Waals surface area contributed by atoms with Crippen LogP contribution >= 0.6 is 0 Å². The molecule has 0 fully saturated rings. The van der Waals surface area contributed by atoms with E-state index in [2.05, 4.69) is 45.0 Å². The van der Waals surface area contributed by atoms with E-state index in [0.717, 1.165) is 38.8 Å². The number of hydrogen-bond donors (Lipinski definition) is 1. The molecule has 3 nitrogen and oxygen atoms in total. The van der Waals surface area contributed by atoms with Gasteiger partial charge in [0.05, 0.1) is 6.61 Å². The van der Waals surface area contributed by atoms with Crippen LogP contribution in [0.25, 0.3) is 0 Å². The van der Waals surface area contributed by atoms with Gasteiger partial charge in [0.1, 0.15) is 0 Å². The fourth-order valence-electron chi connectivity index (χ4n) is 1.76. The lowest BCUT2D eigenvalue weighted by Gasteiger charge is -2.30. The van der Waals surface area contributed by atoms with Crippen molar-refractivity contribution in [3.05, 3.63) is 0 Å². The molecule has 0 aromatic heterocycles. The number of rotatable bonds is 10. The summed E-state index contributed by atoms with van der Waals surface area (Å²) in [6, 6.07) is 0.593. The molecule has 0 rings (SSSR count). The Hall–Kier alpha value is -0.120. The third kappa shape index (κ3) is 8.58. The predicted octanol–water partition coefficient (Wildman–Crippen LogP) is 2.22. The first kappa shape index (κ1) is 16.9. The van der Waals surface area contributed by atoms with Crippen LogP contribution in [0.1, 0.15) is 34.6 Å². The maximum absolute atomic E-state index is 5.39. The van der Waals surface area contributed by atoms with E-state index in [4.69, 9.17) is 4.74 Å². The second kappa shape index (κ2) is 9.86. The average molecular weight is 244 g/mol. The van der Waals surface area contributed by atoms with Gasteiger partial charge in [-0.05, 0) is 45.8 Å². The third-order valence-electron chi connectivity index (χ3n) is 3.33. The van der Waals surface area contributed by atoms with E-state index in [1.54, 1.807) is 0 Å². The van der Waals surface area contributed by atoms with Crippen molar-refractivity contribution in [2.75, 3.05) is 39.9 Å². The Morgan fingerprint density at radius 3 is 2.29 bits per heavy atom. The molecule has 0 aliphatic rings. The minimum absolute atomic E-state index is 0.593. The Morgan fingerprint density at radius 2 is 1.76 bits per heavy atom. The monoisotopic (exact) mass is 244 g/mol. The van der Waals surface area contributed by atoms with Crippen LogP contribution in [0.5, 0.6) is 0 Å². The number of ether oxygens (including phenoxy) is 1. The largest absolute Gasteiger partial charge is 0.380 e. The van der Waals surface area contributed by atoms with Crippen molar-refractivity contribution in [1.29, 1.82) is 0 Å². The van der Waals surface area contributed by atoms with Crippen molar-refractivity contribution >= 4 is 0 Å². The smallest absolute Gasteiger partial charge is 0.0593 e. The molecule has 0 amide bonds. The van der Waals surface area contributed by atoms with E-state index in [9.17, 15) is 0 Å². The average Bonchev–Trinajstić information content (AvgIpc) is 2.27. The second-order valence-electron chi connectivity index (χ2n) is 5.45. The first-order chi connectivity index (χ1) is 7.99.